The molecule has 0 bridgehead atoms. The normalized spacial score (nSPS) is 15.6. The summed E-state index contributed by atoms with van der Waals surface area (Å²) in [5.74, 6) is 2.67. The maximum atomic E-state index is 12.9. The van der Waals surface area contributed by atoms with Crippen LogP contribution < -0.4 is 9.47 Å². The van der Waals surface area contributed by atoms with Gasteiger partial charge in [-0.25, -0.2) is 0 Å². The minimum Gasteiger partial charge on any atom is -0.454 e. The standard InChI is InChI=1S/C29H31NO3/c31-29(15-13-25-8-4-5-9-26(25)24-6-2-1-3-7-24)30-18-16-22(17-19-30)10-11-23-12-14-27-28(20-23)33-21-32-27/h1-9,12,14,20,22H,10-11,13,15-19,21H2. The zero-order valence-electron chi connectivity index (χ0n) is 19.0. The molecule has 1 saturated heterocycles. The van der Waals surface area contributed by atoms with Crippen LogP contribution in [0.4, 0.5) is 0 Å². The molecule has 2 heterocycles. The van der Waals surface area contributed by atoms with E-state index in [1.54, 1.807) is 0 Å². The second-order valence-electron chi connectivity index (χ2n) is 9.07. The molecule has 2 aliphatic rings. The highest BCUT2D eigenvalue weighted by molar-refractivity contribution is 5.77. The number of fused-ring (bicyclic) bond motifs is 1. The molecule has 1 amide bonds. The van der Waals surface area contributed by atoms with E-state index >= 15 is 0 Å². The van der Waals surface area contributed by atoms with Gasteiger partial charge in [0.25, 0.3) is 0 Å². The smallest absolute Gasteiger partial charge is 0.231 e. The zero-order chi connectivity index (χ0) is 22.5. The van der Waals surface area contributed by atoms with Crippen LogP contribution in [-0.2, 0) is 17.6 Å². The van der Waals surface area contributed by atoms with E-state index in [1.807, 2.05) is 12.1 Å². The van der Waals surface area contributed by atoms with E-state index in [0.717, 1.165) is 56.7 Å². The lowest BCUT2D eigenvalue weighted by molar-refractivity contribution is -0.132. The van der Waals surface area contributed by atoms with Crippen molar-refractivity contribution in [2.75, 3.05) is 19.9 Å². The molecule has 170 valence electrons. The maximum absolute atomic E-state index is 12.9. The van der Waals surface area contributed by atoms with Crippen LogP contribution in [0, 0.1) is 5.92 Å². The first-order valence-electron chi connectivity index (χ1n) is 12.1. The fourth-order valence-corrected chi connectivity index (χ4v) is 4.98. The SMILES string of the molecule is O=C(CCc1ccccc1-c1ccccc1)N1CCC(CCc2ccc3c(c2)OCO3)CC1. The molecule has 3 aromatic rings. The first-order chi connectivity index (χ1) is 16.3. The molecule has 4 nitrogen and oxygen atoms in total. The fourth-order valence-electron chi connectivity index (χ4n) is 4.98. The average molecular weight is 442 g/mol. The zero-order valence-corrected chi connectivity index (χ0v) is 19.0. The number of carbonyl (C=O) groups excluding carboxylic acids is 1. The summed E-state index contributed by atoms with van der Waals surface area (Å²) in [6.45, 7) is 2.08. The second kappa shape index (κ2) is 10.1. The minimum atomic E-state index is 0.284. The Morgan fingerprint density at radius 3 is 2.45 bits per heavy atom. The van der Waals surface area contributed by atoms with Gasteiger partial charge in [0, 0.05) is 19.5 Å². The Bertz CT molecular complexity index is 1090. The van der Waals surface area contributed by atoms with Gasteiger partial charge in [-0.3, -0.25) is 4.79 Å². The molecule has 1 fully saturated rings. The van der Waals surface area contributed by atoms with Crippen LogP contribution in [0.15, 0.2) is 72.8 Å². The molecular formula is C29H31NO3. The third kappa shape index (κ3) is 5.22. The van der Waals surface area contributed by atoms with Gasteiger partial charge in [0.1, 0.15) is 0 Å². The molecule has 0 saturated carbocycles. The number of piperidine rings is 1. The maximum Gasteiger partial charge on any atom is 0.231 e. The Morgan fingerprint density at radius 2 is 1.61 bits per heavy atom. The molecule has 0 spiro atoms. The molecule has 0 radical (unpaired) electrons. The van der Waals surface area contributed by atoms with E-state index in [4.69, 9.17) is 9.47 Å². The lowest BCUT2D eigenvalue weighted by Crippen LogP contribution is -2.38. The van der Waals surface area contributed by atoms with E-state index in [-0.39, 0.29) is 5.91 Å². The largest absolute Gasteiger partial charge is 0.454 e. The number of likely N-dealkylation sites (tertiary alicyclic amines) is 1. The van der Waals surface area contributed by atoms with Gasteiger partial charge in [0.05, 0.1) is 0 Å². The molecule has 0 aromatic heterocycles. The highest BCUT2D eigenvalue weighted by Gasteiger charge is 2.23. The number of aryl methyl sites for hydroxylation is 2. The lowest BCUT2D eigenvalue weighted by Gasteiger charge is -2.32. The monoisotopic (exact) mass is 441 g/mol. The first kappa shape index (κ1) is 21.6. The van der Waals surface area contributed by atoms with Crippen molar-refractivity contribution in [2.24, 2.45) is 5.92 Å². The number of carbonyl (C=O) groups is 1. The lowest BCUT2D eigenvalue weighted by atomic mass is 9.90. The van der Waals surface area contributed by atoms with Crippen molar-refractivity contribution in [1.82, 2.24) is 4.90 Å². The number of hydrogen-bond acceptors (Lipinski definition) is 3. The number of rotatable bonds is 7. The summed E-state index contributed by atoms with van der Waals surface area (Å²) in [5.41, 5.74) is 4.99. The predicted molar refractivity (Wildman–Crippen MR) is 130 cm³/mol. The summed E-state index contributed by atoms with van der Waals surface area (Å²) in [6, 6.07) is 25.1. The Morgan fingerprint density at radius 1 is 0.848 bits per heavy atom. The number of amides is 1. The number of benzene rings is 3. The van der Waals surface area contributed by atoms with Gasteiger partial charge in [-0.1, -0.05) is 60.7 Å². The van der Waals surface area contributed by atoms with Crippen molar-refractivity contribution in [3.8, 4) is 22.6 Å². The van der Waals surface area contributed by atoms with Crippen LogP contribution in [0.3, 0.4) is 0 Å². The van der Waals surface area contributed by atoms with Gasteiger partial charge in [0.15, 0.2) is 11.5 Å². The van der Waals surface area contributed by atoms with Crippen molar-refractivity contribution in [3.05, 3.63) is 83.9 Å². The predicted octanol–water partition coefficient (Wildman–Crippen LogP) is 5.89. The van der Waals surface area contributed by atoms with E-state index < -0.39 is 0 Å². The molecule has 0 N–H and O–H groups in total. The molecule has 0 unspecified atom stereocenters. The summed E-state index contributed by atoms with van der Waals surface area (Å²) in [6.07, 6.45) is 5.76. The quantitative estimate of drug-likeness (QED) is 0.459. The van der Waals surface area contributed by atoms with E-state index in [0.29, 0.717) is 19.1 Å². The van der Waals surface area contributed by atoms with E-state index in [9.17, 15) is 4.79 Å². The Kier molecular flexibility index (Phi) is 6.61. The van der Waals surface area contributed by atoms with Gasteiger partial charge in [0.2, 0.25) is 12.7 Å². The summed E-state index contributed by atoms with van der Waals surface area (Å²) < 4.78 is 10.9. The molecule has 33 heavy (non-hydrogen) atoms. The number of hydrogen-bond donors (Lipinski definition) is 0. The van der Waals surface area contributed by atoms with Crippen LogP contribution in [0.5, 0.6) is 11.5 Å². The summed E-state index contributed by atoms with van der Waals surface area (Å²) in [5, 5.41) is 0. The van der Waals surface area contributed by atoms with Crippen molar-refractivity contribution in [3.63, 3.8) is 0 Å². The highest BCUT2D eigenvalue weighted by atomic mass is 16.7. The molecule has 2 aliphatic heterocycles. The molecule has 5 rings (SSSR count). The van der Waals surface area contributed by atoms with Crippen LogP contribution in [0.25, 0.3) is 11.1 Å². The summed E-state index contributed by atoms with van der Waals surface area (Å²) in [7, 11) is 0. The number of nitrogens with zero attached hydrogens (tertiary/aromatic N) is 1. The topological polar surface area (TPSA) is 38.8 Å². The van der Waals surface area contributed by atoms with Crippen molar-refractivity contribution in [1.29, 1.82) is 0 Å². The molecule has 3 aromatic carbocycles. The summed E-state index contributed by atoms with van der Waals surface area (Å²) in [4.78, 5) is 15.0. The van der Waals surface area contributed by atoms with Gasteiger partial charge in [-0.2, -0.15) is 0 Å². The molecule has 4 heteroatoms. The van der Waals surface area contributed by atoms with Gasteiger partial charge >= 0.3 is 0 Å². The first-order valence-corrected chi connectivity index (χ1v) is 12.1. The third-order valence-corrected chi connectivity index (χ3v) is 6.96. The summed E-state index contributed by atoms with van der Waals surface area (Å²) >= 11 is 0. The van der Waals surface area contributed by atoms with E-state index in [2.05, 4.69) is 65.6 Å². The Hall–Kier alpha value is -3.27. The number of ether oxygens (including phenoxy) is 2. The van der Waals surface area contributed by atoms with Crippen LogP contribution in [-0.4, -0.2) is 30.7 Å². The van der Waals surface area contributed by atoms with Gasteiger partial charge in [-0.15, -0.1) is 0 Å². The Labute approximate surface area is 196 Å². The van der Waals surface area contributed by atoms with Crippen LogP contribution >= 0.6 is 0 Å². The van der Waals surface area contributed by atoms with Crippen molar-refractivity contribution in [2.45, 2.75) is 38.5 Å². The van der Waals surface area contributed by atoms with Crippen LogP contribution in [0.2, 0.25) is 0 Å². The average Bonchev–Trinajstić information content (AvgIpc) is 3.35. The van der Waals surface area contributed by atoms with Gasteiger partial charge < -0.3 is 14.4 Å². The van der Waals surface area contributed by atoms with Crippen LogP contribution in [0.1, 0.15) is 36.8 Å². The second-order valence-corrected chi connectivity index (χ2v) is 9.07. The molecule has 0 atom stereocenters. The third-order valence-electron chi connectivity index (χ3n) is 6.96. The van der Waals surface area contributed by atoms with Crippen molar-refractivity contribution < 1.29 is 14.3 Å². The fraction of sp³-hybridized carbons (Fsp3) is 0.345. The van der Waals surface area contributed by atoms with Crippen molar-refractivity contribution >= 4 is 5.91 Å². The Balaban J connectivity index is 1.09. The molecular weight excluding hydrogens is 410 g/mol. The van der Waals surface area contributed by atoms with E-state index in [1.165, 1.54) is 22.3 Å². The highest BCUT2D eigenvalue weighted by Crippen LogP contribution is 2.33. The molecule has 0 aliphatic carbocycles. The minimum absolute atomic E-state index is 0.284. The van der Waals surface area contributed by atoms with Gasteiger partial charge in [-0.05, 0) is 72.4 Å².